The Morgan fingerprint density at radius 3 is 2.07 bits per heavy atom. The first kappa shape index (κ1) is 25.4. The lowest BCUT2D eigenvalue weighted by Crippen LogP contribution is -2.10. The maximum absolute atomic E-state index is 6.33. The van der Waals surface area contributed by atoms with Crippen LogP contribution in [0.25, 0.3) is 60.8 Å². The Morgan fingerprint density at radius 1 is 0.533 bits per heavy atom. The molecule has 0 N–H and O–H groups in total. The summed E-state index contributed by atoms with van der Waals surface area (Å²) in [5.74, 6) is 0.618. The van der Waals surface area contributed by atoms with Gasteiger partial charge in [0.2, 0.25) is 5.89 Å². The number of fused-ring (bicyclic) bond motifs is 6. The first-order chi connectivity index (χ1) is 22.3. The van der Waals surface area contributed by atoms with E-state index in [0.717, 1.165) is 55.7 Å². The molecule has 0 saturated heterocycles. The van der Waals surface area contributed by atoms with Crippen LogP contribution in [0.2, 0.25) is 0 Å². The number of oxazole rings is 1. The van der Waals surface area contributed by atoms with Gasteiger partial charge in [0.05, 0.1) is 16.7 Å². The number of rotatable bonds is 5. The molecule has 4 heteroatoms. The minimum atomic E-state index is 0.618. The summed E-state index contributed by atoms with van der Waals surface area (Å²) in [7, 11) is 0. The van der Waals surface area contributed by atoms with Crippen LogP contribution in [0.5, 0.6) is 0 Å². The average Bonchev–Trinajstić information content (AvgIpc) is 3.69. The normalized spacial score (nSPS) is 11.6. The predicted octanol–water partition coefficient (Wildman–Crippen LogP) is 11.2. The van der Waals surface area contributed by atoms with Crippen molar-refractivity contribution in [1.82, 2.24) is 9.55 Å². The number of benzene rings is 7. The van der Waals surface area contributed by atoms with E-state index in [-0.39, 0.29) is 0 Å². The van der Waals surface area contributed by atoms with Gasteiger partial charge in [-0.25, -0.2) is 4.98 Å². The number of hydrogen-bond donors (Lipinski definition) is 0. The van der Waals surface area contributed by atoms with Crippen molar-refractivity contribution in [3.8, 4) is 17.1 Å². The van der Waals surface area contributed by atoms with Gasteiger partial charge in [0.25, 0.3) is 0 Å². The molecule has 4 nitrogen and oxygen atoms in total. The summed E-state index contributed by atoms with van der Waals surface area (Å²) in [5, 5.41) is 4.61. The molecule has 2 aromatic heterocycles. The molecule has 9 aromatic rings. The molecule has 0 aliphatic heterocycles. The number of nitrogens with zero attached hydrogens (tertiary/aromatic N) is 3. The van der Waals surface area contributed by atoms with E-state index in [1.165, 1.54) is 16.3 Å². The van der Waals surface area contributed by atoms with Crippen molar-refractivity contribution in [2.24, 2.45) is 0 Å². The summed E-state index contributed by atoms with van der Waals surface area (Å²) >= 11 is 0. The van der Waals surface area contributed by atoms with Crippen molar-refractivity contribution >= 4 is 60.7 Å². The van der Waals surface area contributed by atoms with Crippen molar-refractivity contribution in [1.29, 1.82) is 0 Å². The maximum Gasteiger partial charge on any atom is 0.227 e. The molecule has 0 aliphatic rings. The van der Waals surface area contributed by atoms with Gasteiger partial charge in [0.15, 0.2) is 5.58 Å². The van der Waals surface area contributed by atoms with Crippen LogP contribution < -0.4 is 4.90 Å². The Balaban J connectivity index is 1.33. The van der Waals surface area contributed by atoms with Crippen LogP contribution in [-0.4, -0.2) is 9.55 Å². The van der Waals surface area contributed by atoms with Crippen molar-refractivity contribution < 1.29 is 4.42 Å². The van der Waals surface area contributed by atoms with Crippen molar-refractivity contribution in [3.63, 3.8) is 0 Å². The zero-order valence-corrected chi connectivity index (χ0v) is 24.3. The quantitative estimate of drug-likeness (QED) is 0.204. The molecule has 0 radical (unpaired) electrons. The van der Waals surface area contributed by atoms with E-state index in [9.17, 15) is 0 Å². The molecule has 212 valence electrons. The van der Waals surface area contributed by atoms with Gasteiger partial charge in [-0.15, -0.1) is 0 Å². The third-order valence-electron chi connectivity index (χ3n) is 8.59. The van der Waals surface area contributed by atoms with Crippen LogP contribution in [0.3, 0.4) is 0 Å². The standard InChI is InChI=1S/C41H27N3O/c1-4-13-29(14-5-1)41-42-40-38(45-41)26-23-28-15-12-22-36(39(28)40)43(30-16-6-2-7-17-30)32-24-25-34-33-20-10-11-21-35(33)44(37(34)27-32)31-18-8-3-9-19-31/h1-27H. The summed E-state index contributed by atoms with van der Waals surface area (Å²) < 4.78 is 8.69. The van der Waals surface area contributed by atoms with Gasteiger partial charge in [-0.1, -0.05) is 97.1 Å². The van der Waals surface area contributed by atoms with Gasteiger partial charge < -0.3 is 13.9 Å². The second-order valence-corrected chi connectivity index (χ2v) is 11.2. The first-order valence-electron chi connectivity index (χ1n) is 15.1. The molecule has 0 amide bonds. The zero-order valence-electron chi connectivity index (χ0n) is 24.3. The Morgan fingerprint density at radius 2 is 1.24 bits per heavy atom. The van der Waals surface area contributed by atoms with Crippen LogP contribution in [0, 0.1) is 0 Å². The fourth-order valence-corrected chi connectivity index (χ4v) is 6.59. The van der Waals surface area contributed by atoms with Crippen LogP contribution in [0.4, 0.5) is 17.1 Å². The minimum Gasteiger partial charge on any atom is -0.436 e. The lowest BCUT2D eigenvalue weighted by Gasteiger charge is -2.27. The molecule has 0 bridgehead atoms. The van der Waals surface area contributed by atoms with Crippen LogP contribution >= 0.6 is 0 Å². The molecule has 0 spiro atoms. The van der Waals surface area contributed by atoms with Gasteiger partial charge in [0, 0.05) is 38.8 Å². The monoisotopic (exact) mass is 577 g/mol. The summed E-state index contributed by atoms with van der Waals surface area (Å²) in [6, 6.07) is 57.3. The largest absolute Gasteiger partial charge is 0.436 e. The van der Waals surface area contributed by atoms with Gasteiger partial charge in [-0.3, -0.25) is 0 Å². The fraction of sp³-hybridized carbons (Fsp3) is 0. The lowest BCUT2D eigenvalue weighted by molar-refractivity contribution is 0.620. The first-order valence-corrected chi connectivity index (χ1v) is 15.1. The lowest BCUT2D eigenvalue weighted by atomic mass is 10.0. The number of aromatic nitrogens is 2. The Hall–Kier alpha value is -6.13. The van der Waals surface area contributed by atoms with Crippen LogP contribution in [-0.2, 0) is 0 Å². The molecule has 0 saturated carbocycles. The van der Waals surface area contributed by atoms with Gasteiger partial charge >= 0.3 is 0 Å². The predicted molar refractivity (Wildman–Crippen MR) is 186 cm³/mol. The van der Waals surface area contributed by atoms with Gasteiger partial charge in [-0.2, -0.15) is 0 Å². The van der Waals surface area contributed by atoms with Crippen LogP contribution in [0.1, 0.15) is 0 Å². The van der Waals surface area contributed by atoms with E-state index in [1.807, 2.05) is 36.4 Å². The molecule has 0 fully saturated rings. The van der Waals surface area contributed by atoms with Gasteiger partial charge in [-0.05, 0) is 72.1 Å². The topological polar surface area (TPSA) is 34.2 Å². The molecule has 9 rings (SSSR count). The van der Waals surface area contributed by atoms with Crippen LogP contribution in [0.15, 0.2) is 168 Å². The van der Waals surface area contributed by atoms with E-state index >= 15 is 0 Å². The average molecular weight is 578 g/mol. The van der Waals surface area contributed by atoms with E-state index in [0.29, 0.717) is 5.89 Å². The molecule has 45 heavy (non-hydrogen) atoms. The Labute approximate surface area is 260 Å². The highest BCUT2D eigenvalue weighted by Gasteiger charge is 2.21. The van der Waals surface area contributed by atoms with E-state index in [1.54, 1.807) is 0 Å². The highest BCUT2D eigenvalue weighted by atomic mass is 16.3. The summed E-state index contributed by atoms with van der Waals surface area (Å²) in [6.07, 6.45) is 0. The van der Waals surface area contributed by atoms with Crippen molar-refractivity contribution in [2.45, 2.75) is 0 Å². The summed E-state index contributed by atoms with van der Waals surface area (Å²) in [5.41, 5.74) is 9.21. The molecular formula is C41H27N3O. The van der Waals surface area contributed by atoms with Crippen molar-refractivity contribution in [3.05, 3.63) is 164 Å². The molecule has 0 unspecified atom stereocenters. The van der Waals surface area contributed by atoms with Crippen molar-refractivity contribution in [2.75, 3.05) is 4.90 Å². The molecule has 2 heterocycles. The number of anilines is 3. The third kappa shape index (κ3) is 4.11. The van der Waals surface area contributed by atoms with E-state index < -0.39 is 0 Å². The Kier molecular flexibility index (Phi) is 5.78. The molecule has 0 atom stereocenters. The highest BCUT2D eigenvalue weighted by molar-refractivity contribution is 6.14. The molecular weight excluding hydrogens is 550 g/mol. The SMILES string of the molecule is c1ccc(-c2nc3c(ccc4cccc(N(c5ccccc5)c5ccc6c7ccccc7n(-c7ccccc7)c6c5)c43)o2)cc1. The second-order valence-electron chi connectivity index (χ2n) is 11.2. The summed E-state index contributed by atoms with van der Waals surface area (Å²) in [6.45, 7) is 0. The van der Waals surface area contributed by atoms with Gasteiger partial charge in [0.1, 0.15) is 5.52 Å². The van der Waals surface area contributed by atoms with E-state index in [2.05, 4.69) is 137 Å². The Bertz CT molecular complexity index is 2480. The number of para-hydroxylation sites is 3. The smallest absolute Gasteiger partial charge is 0.227 e. The minimum absolute atomic E-state index is 0.618. The molecule has 0 aliphatic carbocycles. The second kappa shape index (κ2) is 10.2. The summed E-state index contributed by atoms with van der Waals surface area (Å²) in [4.78, 5) is 7.41. The zero-order chi connectivity index (χ0) is 29.7. The van der Waals surface area contributed by atoms with E-state index in [4.69, 9.17) is 9.40 Å². The highest BCUT2D eigenvalue weighted by Crippen LogP contribution is 2.44. The molecule has 7 aromatic carbocycles. The maximum atomic E-state index is 6.33. The number of hydrogen-bond acceptors (Lipinski definition) is 3. The third-order valence-corrected chi connectivity index (χ3v) is 8.59. The fourth-order valence-electron chi connectivity index (χ4n) is 6.59.